The van der Waals surface area contributed by atoms with E-state index in [4.69, 9.17) is 0 Å². The predicted molar refractivity (Wildman–Crippen MR) is 90.1 cm³/mol. The minimum Gasteiger partial charge on any atom is -0.355 e. The predicted octanol–water partition coefficient (Wildman–Crippen LogP) is 3.80. The van der Waals surface area contributed by atoms with Crippen molar-refractivity contribution in [2.75, 3.05) is 13.1 Å². The second kappa shape index (κ2) is 8.54. The van der Waals surface area contributed by atoms with Crippen LogP contribution in [0.15, 0.2) is 28.7 Å². The van der Waals surface area contributed by atoms with Gasteiger partial charge in [0.1, 0.15) is 0 Å². The molecule has 1 amide bonds. The molecule has 0 radical (unpaired) electrons. The van der Waals surface area contributed by atoms with Gasteiger partial charge in [-0.1, -0.05) is 53.4 Å². The van der Waals surface area contributed by atoms with Crippen LogP contribution in [0.3, 0.4) is 0 Å². The van der Waals surface area contributed by atoms with Gasteiger partial charge in [-0.15, -0.1) is 0 Å². The Morgan fingerprint density at radius 1 is 1.29 bits per heavy atom. The zero-order chi connectivity index (χ0) is 15.1. The fourth-order valence-electron chi connectivity index (χ4n) is 2.89. The highest BCUT2D eigenvalue weighted by molar-refractivity contribution is 9.10. The lowest BCUT2D eigenvalue weighted by Gasteiger charge is -2.22. The van der Waals surface area contributed by atoms with Crippen LogP contribution >= 0.6 is 15.9 Å². The van der Waals surface area contributed by atoms with Crippen molar-refractivity contribution in [2.45, 2.75) is 45.1 Å². The van der Waals surface area contributed by atoms with Gasteiger partial charge in [0.05, 0.1) is 6.54 Å². The van der Waals surface area contributed by atoms with Crippen LogP contribution < -0.4 is 10.6 Å². The van der Waals surface area contributed by atoms with Gasteiger partial charge in [0.25, 0.3) is 0 Å². The largest absolute Gasteiger partial charge is 0.355 e. The fourth-order valence-corrected chi connectivity index (χ4v) is 3.52. The molecule has 21 heavy (non-hydrogen) atoms. The summed E-state index contributed by atoms with van der Waals surface area (Å²) in [5, 5.41) is 6.35. The van der Waals surface area contributed by atoms with E-state index in [9.17, 15) is 4.79 Å². The van der Waals surface area contributed by atoms with Gasteiger partial charge in [-0.05, 0) is 37.3 Å². The maximum Gasteiger partial charge on any atom is 0.233 e. The summed E-state index contributed by atoms with van der Waals surface area (Å²) in [5.74, 6) is 0.780. The third-order valence-corrected chi connectivity index (χ3v) is 4.98. The molecule has 0 heterocycles. The molecular formula is C17H25BrN2O. The number of hydrogen-bond acceptors (Lipinski definition) is 2. The van der Waals surface area contributed by atoms with Crippen LogP contribution in [0.1, 0.15) is 50.6 Å². The van der Waals surface area contributed by atoms with Gasteiger partial charge in [-0.25, -0.2) is 0 Å². The molecule has 4 heteroatoms. The summed E-state index contributed by atoms with van der Waals surface area (Å²) >= 11 is 3.55. The normalized spacial score (nSPS) is 17.4. The number of benzene rings is 1. The first-order chi connectivity index (χ1) is 10.2. The molecule has 0 aromatic heterocycles. The van der Waals surface area contributed by atoms with Crippen molar-refractivity contribution in [1.29, 1.82) is 0 Å². The molecule has 116 valence electrons. The van der Waals surface area contributed by atoms with Gasteiger partial charge in [0, 0.05) is 17.1 Å². The Morgan fingerprint density at radius 3 is 2.71 bits per heavy atom. The molecule has 1 atom stereocenters. The van der Waals surface area contributed by atoms with Crippen LogP contribution in [0.25, 0.3) is 0 Å². The van der Waals surface area contributed by atoms with Crippen LogP contribution in [0.4, 0.5) is 0 Å². The molecule has 3 nitrogen and oxygen atoms in total. The number of nitrogens with one attached hydrogen (secondary N) is 2. The van der Waals surface area contributed by atoms with Crippen molar-refractivity contribution in [3.63, 3.8) is 0 Å². The Labute approximate surface area is 136 Å². The van der Waals surface area contributed by atoms with Crippen LogP contribution in [-0.4, -0.2) is 19.0 Å². The summed E-state index contributed by atoms with van der Waals surface area (Å²) in [6.45, 7) is 3.29. The summed E-state index contributed by atoms with van der Waals surface area (Å²) in [6.07, 6.45) is 6.52. The lowest BCUT2D eigenvalue weighted by atomic mass is 9.89. The van der Waals surface area contributed by atoms with Crippen LogP contribution in [0, 0.1) is 5.92 Å². The molecular weight excluding hydrogens is 328 g/mol. The molecule has 0 aliphatic heterocycles. The highest BCUT2D eigenvalue weighted by Gasteiger charge is 2.15. The van der Waals surface area contributed by atoms with E-state index < -0.39 is 0 Å². The van der Waals surface area contributed by atoms with E-state index >= 15 is 0 Å². The molecule has 1 aromatic rings. The second-order valence-corrected chi connectivity index (χ2v) is 6.79. The zero-order valence-electron chi connectivity index (χ0n) is 12.7. The fraction of sp³-hybridized carbons (Fsp3) is 0.588. The monoisotopic (exact) mass is 352 g/mol. The Morgan fingerprint density at radius 2 is 2.00 bits per heavy atom. The maximum absolute atomic E-state index is 11.9. The minimum atomic E-state index is 0.0967. The molecule has 2 N–H and O–H groups in total. The molecule has 1 aliphatic carbocycles. The highest BCUT2D eigenvalue weighted by atomic mass is 79.9. The topological polar surface area (TPSA) is 41.1 Å². The number of carbonyl (C=O) groups excluding carboxylic acids is 1. The minimum absolute atomic E-state index is 0.0967. The number of amides is 1. The smallest absolute Gasteiger partial charge is 0.233 e. The average Bonchev–Trinajstić information content (AvgIpc) is 2.52. The Balaban J connectivity index is 1.69. The van der Waals surface area contributed by atoms with E-state index in [0.717, 1.165) is 11.0 Å². The van der Waals surface area contributed by atoms with Crippen molar-refractivity contribution in [2.24, 2.45) is 5.92 Å². The van der Waals surface area contributed by atoms with Gasteiger partial charge < -0.3 is 10.6 Å². The maximum atomic E-state index is 11.9. The summed E-state index contributed by atoms with van der Waals surface area (Å²) in [5.41, 5.74) is 1.18. The molecule has 1 aliphatic rings. The first-order valence-corrected chi connectivity index (χ1v) is 8.70. The SMILES string of the molecule is CC(NCC(=O)NCC1CCCCC1)c1ccccc1Br. The summed E-state index contributed by atoms with van der Waals surface area (Å²) in [4.78, 5) is 11.9. The van der Waals surface area contributed by atoms with Gasteiger partial charge in [-0.2, -0.15) is 0 Å². The molecule has 1 fully saturated rings. The lowest BCUT2D eigenvalue weighted by molar-refractivity contribution is -0.120. The molecule has 2 rings (SSSR count). The van der Waals surface area contributed by atoms with Crippen molar-refractivity contribution in [1.82, 2.24) is 10.6 Å². The van der Waals surface area contributed by atoms with Gasteiger partial charge >= 0.3 is 0 Å². The van der Waals surface area contributed by atoms with E-state index in [1.807, 2.05) is 18.2 Å². The number of halogens is 1. The Bertz CT molecular complexity index is 458. The average molecular weight is 353 g/mol. The zero-order valence-corrected chi connectivity index (χ0v) is 14.3. The third kappa shape index (κ3) is 5.44. The van der Waals surface area contributed by atoms with Gasteiger partial charge in [0.15, 0.2) is 0 Å². The summed E-state index contributed by atoms with van der Waals surface area (Å²) in [6, 6.07) is 8.26. The van der Waals surface area contributed by atoms with Gasteiger partial charge in [0.2, 0.25) is 5.91 Å². The highest BCUT2D eigenvalue weighted by Crippen LogP contribution is 2.23. The first kappa shape index (κ1) is 16.5. The van der Waals surface area contributed by atoms with Crippen molar-refractivity contribution in [3.05, 3.63) is 34.3 Å². The van der Waals surface area contributed by atoms with E-state index in [1.54, 1.807) is 0 Å². The quantitative estimate of drug-likeness (QED) is 0.817. The molecule has 1 unspecified atom stereocenters. The lowest BCUT2D eigenvalue weighted by Crippen LogP contribution is -2.37. The second-order valence-electron chi connectivity index (χ2n) is 5.93. The molecule has 1 saturated carbocycles. The first-order valence-electron chi connectivity index (χ1n) is 7.91. The van der Waals surface area contributed by atoms with E-state index in [0.29, 0.717) is 12.5 Å². The van der Waals surface area contributed by atoms with E-state index in [1.165, 1.54) is 37.7 Å². The number of rotatable bonds is 6. The standard InChI is InChI=1S/C17H25BrN2O/c1-13(15-9-5-6-10-16(15)18)19-12-17(21)20-11-14-7-3-2-4-8-14/h5-6,9-10,13-14,19H,2-4,7-8,11-12H2,1H3,(H,20,21). The summed E-state index contributed by atoms with van der Waals surface area (Å²) in [7, 11) is 0. The van der Waals surface area contributed by atoms with Gasteiger partial charge in [-0.3, -0.25) is 4.79 Å². The third-order valence-electron chi connectivity index (χ3n) is 4.25. The van der Waals surface area contributed by atoms with Crippen molar-refractivity contribution < 1.29 is 4.79 Å². The van der Waals surface area contributed by atoms with Crippen LogP contribution in [-0.2, 0) is 4.79 Å². The molecule has 0 spiro atoms. The molecule has 0 saturated heterocycles. The van der Waals surface area contributed by atoms with E-state index in [2.05, 4.69) is 39.6 Å². The molecule has 0 bridgehead atoms. The Hall–Kier alpha value is -0.870. The number of carbonyl (C=O) groups is 1. The van der Waals surface area contributed by atoms with Crippen LogP contribution in [0.5, 0.6) is 0 Å². The van der Waals surface area contributed by atoms with E-state index in [-0.39, 0.29) is 11.9 Å². The Kier molecular flexibility index (Phi) is 6.71. The van der Waals surface area contributed by atoms with Crippen LogP contribution in [0.2, 0.25) is 0 Å². The van der Waals surface area contributed by atoms with Crippen molar-refractivity contribution in [3.8, 4) is 0 Å². The molecule has 1 aromatic carbocycles. The summed E-state index contributed by atoms with van der Waals surface area (Å²) < 4.78 is 1.08. The number of hydrogen-bond donors (Lipinski definition) is 2. The van der Waals surface area contributed by atoms with Crippen molar-refractivity contribution >= 4 is 21.8 Å².